The second-order valence-electron chi connectivity index (χ2n) is 13.3. The summed E-state index contributed by atoms with van der Waals surface area (Å²) in [4.78, 5) is 32.5. The highest BCUT2D eigenvalue weighted by molar-refractivity contribution is 6.30. The van der Waals surface area contributed by atoms with Gasteiger partial charge in [0.15, 0.2) is 6.10 Å². The van der Waals surface area contributed by atoms with Crippen molar-refractivity contribution in [1.29, 1.82) is 0 Å². The number of nitrogens with zero attached hydrogens (tertiary/aromatic N) is 6. The van der Waals surface area contributed by atoms with Crippen molar-refractivity contribution < 1.29 is 23.5 Å². The summed E-state index contributed by atoms with van der Waals surface area (Å²) in [6.07, 6.45) is 1.15. The molecule has 0 N–H and O–H groups in total. The third kappa shape index (κ3) is 7.79. The first-order valence-corrected chi connectivity index (χ1v) is 16.5. The summed E-state index contributed by atoms with van der Waals surface area (Å²) in [5.74, 6) is 0.0431. The first-order chi connectivity index (χ1) is 22.9. The number of carbonyl (C=O) groups is 2. The minimum atomic E-state index is -0.743. The Labute approximate surface area is 285 Å². The Morgan fingerprint density at radius 3 is 2.44 bits per heavy atom. The fourth-order valence-electron chi connectivity index (χ4n) is 6.05. The fraction of sp³-hybridized carbons (Fsp3) is 0.389. The lowest BCUT2D eigenvalue weighted by atomic mass is 10.1. The third-order valence-electron chi connectivity index (χ3n) is 8.47. The van der Waals surface area contributed by atoms with Crippen LogP contribution in [-0.2, 0) is 16.1 Å². The molecule has 0 spiro atoms. The summed E-state index contributed by atoms with van der Waals surface area (Å²) in [5, 5.41) is 8.69. The SMILES string of the molecule is CC1CN(c2ccc(Cl)c(F)c2)CCN1C(=O)C1CN(C(=O)c2ccc(Cn3cc(-c4ccc(OC(C)(C)C)cc4)nn3)cc2)CCO1. The number of benzene rings is 3. The number of anilines is 1. The van der Waals surface area contributed by atoms with Crippen LogP contribution in [-0.4, -0.2) is 93.7 Å². The number of amides is 2. The maximum Gasteiger partial charge on any atom is 0.254 e. The van der Waals surface area contributed by atoms with E-state index in [4.69, 9.17) is 21.1 Å². The molecule has 3 heterocycles. The number of piperazine rings is 1. The zero-order chi connectivity index (χ0) is 34.0. The van der Waals surface area contributed by atoms with E-state index < -0.39 is 11.9 Å². The van der Waals surface area contributed by atoms with Crippen molar-refractivity contribution in [3.05, 3.63) is 94.9 Å². The molecule has 0 saturated carbocycles. The van der Waals surface area contributed by atoms with Crippen LogP contribution in [0.2, 0.25) is 5.02 Å². The molecule has 12 heteroatoms. The molecule has 2 atom stereocenters. The van der Waals surface area contributed by atoms with Crippen LogP contribution in [0.1, 0.15) is 43.6 Å². The summed E-state index contributed by atoms with van der Waals surface area (Å²) in [6.45, 7) is 10.9. The van der Waals surface area contributed by atoms with E-state index in [0.29, 0.717) is 38.3 Å². The maximum atomic E-state index is 14.0. The molecule has 3 aromatic carbocycles. The summed E-state index contributed by atoms with van der Waals surface area (Å²) < 4.78 is 27.6. The zero-order valence-corrected chi connectivity index (χ0v) is 28.4. The van der Waals surface area contributed by atoms with Gasteiger partial charge in [-0.2, -0.15) is 0 Å². The molecule has 2 amide bonds. The number of hydrogen-bond donors (Lipinski definition) is 0. The van der Waals surface area contributed by atoms with Crippen LogP contribution in [0.15, 0.2) is 72.9 Å². The number of ether oxygens (including phenoxy) is 2. The minimum Gasteiger partial charge on any atom is -0.488 e. The maximum absolute atomic E-state index is 14.0. The van der Waals surface area contributed by atoms with Gasteiger partial charge in [0.1, 0.15) is 22.9 Å². The smallest absolute Gasteiger partial charge is 0.254 e. The molecule has 0 bridgehead atoms. The Hall–Kier alpha value is -4.48. The fourth-order valence-corrected chi connectivity index (χ4v) is 6.16. The topological polar surface area (TPSA) is 93.0 Å². The van der Waals surface area contributed by atoms with E-state index in [1.807, 2.05) is 75.2 Å². The normalized spacial score (nSPS) is 18.6. The van der Waals surface area contributed by atoms with Gasteiger partial charge in [-0.3, -0.25) is 9.59 Å². The van der Waals surface area contributed by atoms with Crippen molar-refractivity contribution in [2.75, 3.05) is 44.2 Å². The molecule has 252 valence electrons. The van der Waals surface area contributed by atoms with Crippen molar-refractivity contribution >= 4 is 29.1 Å². The molecule has 2 unspecified atom stereocenters. The number of hydrogen-bond acceptors (Lipinski definition) is 7. The van der Waals surface area contributed by atoms with Crippen LogP contribution in [0, 0.1) is 5.82 Å². The van der Waals surface area contributed by atoms with Crippen LogP contribution in [0.3, 0.4) is 0 Å². The van der Waals surface area contributed by atoms with Gasteiger partial charge < -0.3 is 24.2 Å². The van der Waals surface area contributed by atoms with Crippen molar-refractivity contribution in [1.82, 2.24) is 24.8 Å². The van der Waals surface area contributed by atoms with Gasteiger partial charge in [-0.15, -0.1) is 5.10 Å². The lowest BCUT2D eigenvalue weighted by Gasteiger charge is -2.43. The van der Waals surface area contributed by atoms with Crippen molar-refractivity contribution in [2.24, 2.45) is 0 Å². The first-order valence-electron chi connectivity index (χ1n) is 16.1. The third-order valence-corrected chi connectivity index (χ3v) is 8.77. The highest BCUT2D eigenvalue weighted by atomic mass is 35.5. The van der Waals surface area contributed by atoms with E-state index in [0.717, 1.165) is 28.3 Å². The number of carbonyl (C=O) groups excluding carboxylic acids is 2. The summed E-state index contributed by atoms with van der Waals surface area (Å²) >= 11 is 5.85. The van der Waals surface area contributed by atoms with Crippen LogP contribution < -0.4 is 9.64 Å². The van der Waals surface area contributed by atoms with Crippen LogP contribution in [0.4, 0.5) is 10.1 Å². The second kappa shape index (κ2) is 13.9. The Morgan fingerprint density at radius 2 is 1.75 bits per heavy atom. The average Bonchev–Trinajstić information content (AvgIpc) is 3.54. The molecule has 10 nitrogen and oxygen atoms in total. The van der Waals surface area contributed by atoms with E-state index in [1.165, 1.54) is 6.07 Å². The van der Waals surface area contributed by atoms with Gasteiger partial charge in [0.05, 0.1) is 30.9 Å². The quantitative estimate of drug-likeness (QED) is 0.254. The van der Waals surface area contributed by atoms with E-state index in [-0.39, 0.29) is 41.6 Å². The van der Waals surface area contributed by atoms with E-state index in [2.05, 4.69) is 10.3 Å². The summed E-state index contributed by atoms with van der Waals surface area (Å²) in [6, 6.07) is 19.8. The van der Waals surface area contributed by atoms with Gasteiger partial charge in [-0.25, -0.2) is 9.07 Å². The Bertz CT molecular complexity index is 1760. The van der Waals surface area contributed by atoms with Gasteiger partial charge in [-0.05, 0) is 87.9 Å². The van der Waals surface area contributed by atoms with Crippen molar-refractivity contribution in [3.8, 4) is 17.0 Å². The molecule has 48 heavy (non-hydrogen) atoms. The molecule has 4 aromatic rings. The predicted octanol–water partition coefficient (Wildman–Crippen LogP) is 5.54. The Kier molecular flexibility index (Phi) is 9.70. The van der Waals surface area contributed by atoms with Gasteiger partial charge in [0, 0.05) is 49.0 Å². The number of rotatable bonds is 7. The van der Waals surface area contributed by atoms with Crippen molar-refractivity contribution in [2.45, 2.75) is 52.0 Å². The van der Waals surface area contributed by atoms with E-state index in [9.17, 15) is 14.0 Å². The second-order valence-corrected chi connectivity index (χ2v) is 13.7. The highest BCUT2D eigenvalue weighted by Gasteiger charge is 2.36. The van der Waals surface area contributed by atoms with Gasteiger partial charge >= 0.3 is 0 Å². The molecule has 0 radical (unpaired) electrons. The molecular formula is C36H40ClFN6O4. The standard InChI is InChI=1S/C36H40ClFN6O4/c1-24-20-41(28-11-14-30(37)31(38)19-28)15-16-44(24)35(46)33-23-42(17-18-47-33)34(45)27-7-5-25(6-8-27)21-43-22-32(39-40-43)26-9-12-29(13-10-26)48-36(2,3)4/h5-14,19,22,24,33H,15-18,20-21,23H2,1-4H3. The molecule has 2 fully saturated rings. The zero-order valence-electron chi connectivity index (χ0n) is 27.6. The molecule has 2 aliphatic heterocycles. The average molecular weight is 675 g/mol. The minimum absolute atomic E-state index is 0.0800. The molecule has 6 rings (SSSR count). The first kappa shape index (κ1) is 33.4. The largest absolute Gasteiger partial charge is 0.488 e. The molecule has 2 saturated heterocycles. The van der Waals surface area contributed by atoms with E-state index in [1.54, 1.807) is 38.7 Å². The summed E-state index contributed by atoms with van der Waals surface area (Å²) in [5.41, 5.74) is 3.68. The van der Waals surface area contributed by atoms with Gasteiger partial charge in [-0.1, -0.05) is 28.9 Å². The lowest BCUT2D eigenvalue weighted by Crippen LogP contribution is -2.59. The highest BCUT2D eigenvalue weighted by Crippen LogP contribution is 2.26. The predicted molar refractivity (Wildman–Crippen MR) is 182 cm³/mol. The monoisotopic (exact) mass is 674 g/mol. The number of morpholine rings is 1. The van der Waals surface area contributed by atoms with Crippen molar-refractivity contribution in [3.63, 3.8) is 0 Å². The molecule has 0 aliphatic carbocycles. The lowest BCUT2D eigenvalue weighted by molar-refractivity contribution is -0.150. The Morgan fingerprint density at radius 1 is 1.00 bits per heavy atom. The van der Waals surface area contributed by atoms with Gasteiger partial charge in [0.25, 0.3) is 11.8 Å². The number of aromatic nitrogens is 3. The summed E-state index contributed by atoms with van der Waals surface area (Å²) in [7, 11) is 0. The number of halogens is 2. The van der Waals surface area contributed by atoms with Crippen LogP contribution in [0.25, 0.3) is 11.3 Å². The van der Waals surface area contributed by atoms with E-state index >= 15 is 0 Å². The van der Waals surface area contributed by atoms with Crippen LogP contribution in [0.5, 0.6) is 5.75 Å². The molecular weight excluding hydrogens is 635 g/mol. The van der Waals surface area contributed by atoms with Gasteiger partial charge in [0.2, 0.25) is 0 Å². The molecule has 2 aliphatic rings. The molecule has 1 aromatic heterocycles. The van der Waals surface area contributed by atoms with Crippen LogP contribution >= 0.6 is 11.6 Å². The Balaban J connectivity index is 1.02.